The summed E-state index contributed by atoms with van der Waals surface area (Å²) in [6, 6.07) is 20.9. The van der Waals surface area contributed by atoms with E-state index in [1.807, 2.05) is 54.6 Å². The summed E-state index contributed by atoms with van der Waals surface area (Å²) in [5.74, 6) is -0.427. The van der Waals surface area contributed by atoms with Gasteiger partial charge in [-0.15, -0.1) is 0 Å². The largest absolute Gasteiger partial charge is 0.481 e. The highest BCUT2D eigenvalue weighted by Crippen LogP contribution is 2.32. The second-order valence-electron chi connectivity index (χ2n) is 8.11. The smallest absolute Gasteiger partial charge is 0.411 e. The van der Waals surface area contributed by atoms with Crippen LogP contribution in [0.5, 0.6) is 0 Å². The van der Waals surface area contributed by atoms with Crippen molar-refractivity contribution in [3.05, 3.63) is 92.5 Å². The van der Waals surface area contributed by atoms with E-state index in [0.717, 1.165) is 36.8 Å². The topological polar surface area (TPSA) is 102 Å². The maximum absolute atomic E-state index is 12.4. The number of carbonyl (C=O) groups is 2. The summed E-state index contributed by atoms with van der Waals surface area (Å²) in [7, 11) is 0. The molecule has 0 bridgehead atoms. The van der Waals surface area contributed by atoms with Crippen molar-refractivity contribution in [2.45, 2.75) is 19.8 Å². The molecule has 1 aromatic heterocycles. The molecule has 1 heterocycles. The van der Waals surface area contributed by atoms with Crippen molar-refractivity contribution in [2.75, 3.05) is 11.9 Å². The Kier molecular flexibility index (Phi) is 8.22. The molecule has 0 spiro atoms. The average Bonchev–Trinajstić information content (AvgIpc) is 3.18. The molecule has 0 aliphatic heterocycles. The van der Waals surface area contributed by atoms with Crippen LogP contribution in [0.1, 0.15) is 16.8 Å². The minimum Gasteiger partial charge on any atom is -0.481 e. The quantitative estimate of drug-likeness (QED) is 0.217. The van der Waals surface area contributed by atoms with Crippen molar-refractivity contribution in [2.24, 2.45) is 0 Å². The van der Waals surface area contributed by atoms with Gasteiger partial charge in [-0.2, -0.15) is 0 Å². The Morgan fingerprint density at radius 3 is 2.11 bits per heavy atom. The van der Waals surface area contributed by atoms with E-state index in [-0.39, 0.29) is 13.0 Å². The molecule has 0 radical (unpaired) electrons. The Morgan fingerprint density at radius 2 is 1.50 bits per heavy atom. The van der Waals surface area contributed by atoms with Gasteiger partial charge >= 0.3 is 12.1 Å². The number of halogens is 2. The summed E-state index contributed by atoms with van der Waals surface area (Å²) in [5, 5.41) is 15.7. The van der Waals surface area contributed by atoms with Gasteiger partial charge in [0.25, 0.3) is 0 Å². The first-order valence-electron chi connectivity index (χ1n) is 11.0. The highest BCUT2D eigenvalue weighted by atomic mass is 79.9. The number of anilines is 1. The third kappa shape index (κ3) is 6.61. The van der Waals surface area contributed by atoms with E-state index in [0.29, 0.717) is 23.6 Å². The summed E-state index contributed by atoms with van der Waals surface area (Å²) < 4.78 is 12.8. The molecule has 4 aromatic rings. The van der Waals surface area contributed by atoms with E-state index >= 15 is 0 Å². The lowest BCUT2D eigenvalue weighted by molar-refractivity contribution is -0.136. The Labute approximate surface area is 224 Å². The van der Waals surface area contributed by atoms with Crippen LogP contribution in [-0.2, 0) is 22.4 Å². The lowest BCUT2D eigenvalue weighted by Crippen LogP contribution is -2.16. The summed E-state index contributed by atoms with van der Waals surface area (Å²) in [5.41, 5.74) is 5.44. The van der Waals surface area contributed by atoms with Gasteiger partial charge in [0, 0.05) is 20.9 Å². The molecule has 0 saturated carbocycles. The number of carboxylic acids is 1. The lowest BCUT2D eigenvalue weighted by atomic mass is 10.0. The van der Waals surface area contributed by atoms with E-state index in [1.54, 1.807) is 19.1 Å². The van der Waals surface area contributed by atoms with Crippen molar-refractivity contribution in [1.82, 2.24) is 5.16 Å². The fourth-order valence-corrected chi connectivity index (χ4v) is 5.06. The molecule has 3 aromatic carbocycles. The van der Waals surface area contributed by atoms with Crippen LogP contribution in [0.15, 0.2) is 80.2 Å². The van der Waals surface area contributed by atoms with Gasteiger partial charge in [0.2, 0.25) is 0 Å². The number of hydrogen-bond acceptors (Lipinski definition) is 5. The van der Waals surface area contributed by atoms with E-state index in [4.69, 9.17) is 14.4 Å². The molecule has 0 saturated heterocycles. The van der Waals surface area contributed by atoms with E-state index in [9.17, 15) is 9.59 Å². The molecular weight excluding hydrogens is 592 g/mol. The number of carbonyl (C=O) groups excluding carboxylic acids is 1. The van der Waals surface area contributed by atoms with E-state index in [2.05, 4.69) is 42.3 Å². The molecule has 9 heteroatoms. The Bertz CT molecular complexity index is 1360. The van der Waals surface area contributed by atoms with E-state index < -0.39 is 12.1 Å². The maximum atomic E-state index is 12.4. The highest BCUT2D eigenvalue weighted by molar-refractivity contribution is 9.11. The van der Waals surface area contributed by atoms with Crippen LogP contribution in [0.3, 0.4) is 0 Å². The molecule has 7 nitrogen and oxygen atoms in total. The van der Waals surface area contributed by atoms with Gasteiger partial charge < -0.3 is 14.4 Å². The summed E-state index contributed by atoms with van der Waals surface area (Å²) >= 11 is 6.91. The normalized spacial score (nSPS) is 10.8. The van der Waals surface area contributed by atoms with Gasteiger partial charge in [-0.3, -0.25) is 10.1 Å². The third-order valence-corrected chi connectivity index (χ3v) is 6.34. The van der Waals surface area contributed by atoms with Gasteiger partial charge in [-0.25, -0.2) is 4.79 Å². The first-order valence-corrected chi connectivity index (χ1v) is 12.6. The van der Waals surface area contributed by atoms with Crippen LogP contribution in [-0.4, -0.2) is 28.9 Å². The number of aromatic nitrogens is 1. The number of nitrogens with zero attached hydrogens (tertiary/aromatic N) is 1. The molecule has 184 valence electrons. The number of amides is 1. The summed E-state index contributed by atoms with van der Waals surface area (Å²) in [4.78, 5) is 23.3. The van der Waals surface area contributed by atoms with Crippen LogP contribution in [0.2, 0.25) is 0 Å². The number of aliphatic carboxylic acids is 1. The van der Waals surface area contributed by atoms with Crippen molar-refractivity contribution in [3.8, 4) is 22.5 Å². The van der Waals surface area contributed by atoms with Gasteiger partial charge in [-0.05, 0) is 47.4 Å². The number of hydrogen-bond donors (Lipinski definition) is 2. The van der Waals surface area contributed by atoms with Crippen LogP contribution in [0.25, 0.3) is 22.5 Å². The molecule has 36 heavy (non-hydrogen) atoms. The summed E-state index contributed by atoms with van der Waals surface area (Å²) in [6.45, 7) is 1.96. The average molecular weight is 614 g/mol. The second kappa shape index (κ2) is 11.5. The second-order valence-corrected chi connectivity index (χ2v) is 9.94. The Balaban J connectivity index is 1.40. The molecule has 0 aliphatic rings. The minimum absolute atomic E-state index is 0.00983. The zero-order valence-electron chi connectivity index (χ0n) is 19.3. The van der Waals surface area contributed by atoms with Crippen LogP contribution in [0.4, 0.5) is 10.5 Å². The number of ether oxygens (including phenoxy) is 1. The molecule has 0 atom stereocenters. The molecule has 0 unspecified atom stereocenters. The van der Waals surface area contributed by atoms with Crippen LogP contribution >= 0.6 is 31.9 Å². The number of benzene rings is 3. The lowest BCUT2D eigenvalue weighted by Gasteiger charge is -2.09. The minimum atomic E-state index is -0.861. The predicted octanol–water partition coefficient (Wildman–Crippen LogP) is 7.26. The monoisotopic (exact) mass is 612 g/mol. The van der Waals surface area contributed by atoms with Crippen molar-refractivity contribution >= 4 is 49.6 Å². The van der Waals surface area contributed by atoms with Crippen LogP contribution in [0, 0.1) is 6.92 Å². The standard InChI is InChI=1S/C27H22Br2N2O5/c1-16-25(30-27(34)35-11-10-18-12-22(28)15-23(29)13-18)26(36-31-16)21-8-6-20(7-9-21)19-4-2-17(3-5-19)14-24(32)33/h2-9,12-13,15H,10-11,14H2,1H3,(H,30,34)(H,32,33). The molecule has 1 amide bonds. The molecule has 0 aliphatic carbocycles. The fourth-order valence-electron chi connectivity index (χ4n) is 3.67. The summed E-state index contributed by atoms with van der Waals surface area (Å²) in [6.07, 6.45) is -0.0290. The van der Waals surface area contributed by atoms with Gasteiger partial charge in [0.15, 0.2) is 5.76 Å². The van der Waals surface area contributed by atoms with Crippen molar-refractivity contribution in [3.63, 3.8) is 0 Å². The predicted molar refractivity (Wildman–Crippen MR) is 144 cm³/mol. The van der Waals surface area contributed by atoms with Gasteiger partial charge in [0.1, 0.15) is 11.4 Å². The highest BCUT2D eigenvalue weighted by Gasteiger charge is 2.18. The zero-order chi connectivity index (χ0) is 25.7. The molecular formula is C27H22Br2N2O5. The molecule has 4 rings (SSSR count). The first-order chi connectivity index (χ1) is 17.3. The molecule has 2 N–H and O–H groups in total. The fraction of sp³-hybridized carbons (Fsp3) is 0.148. The van der Waals surface area contributed by atoms with Crippen LogP contribution < -0.4 is 5.32 Å². The first kappa shape index (κ1) is 25.7. The van der Waals surface area contributed by atoms with E-state index in [1.165, 1.54) is 0 Å². The maximum Gasteiger partial charge on any atom is 0.411 e. The zero-order valence-corrected chi connectivity index (χ0v) is 22.4. The molecule has 0 fully saturated rings. The SMILES string of the molecule is Cc1noc(-c2ccc(-c3ccc(CC(=O)O)cc3)cc2)c1NC(=O)OCCc1cc(Br)cc(Br)c1. The van der Waals surface area contributed by atoms with Crippen molar-refractivity contribution in [1.29, 1.82) is 0 Å². The Hall–Kier alpha value is -3.43. The Morgan fingerprint density at radius 1 is 0.917 bits per heavy atom. The number of rotatable bonds is 8. The number of nitrogens with one attached hydrogen (secondary N) is 1. The van der Waals surface area contributed by atoms with Crippen molar-refractivity contribution < 1.29 is 24.0 Å². The third-order valence-electron chi connectivity index (χ3n) is 5.43. The van der Waals surface area contributed by atoms with Gasteiger partial charge in [-0.1, -0.05) is 85.5 Å². The number of carboxylic acid groups (broad SMARTS) is 1. The van der Waals surface area contributed by atoms with Gasteiger partial charge in [0.05, 0.1) is 13.0 Å². The number of aryl methyl sites for hydroxylation is 1.